The molecule has 3 rings (SSSR count). The first kappa shape index (κ1) is 20.7. The van der Waals surface area contributed by atoms with Gasteiger partial charge >= 0.3 is 5.51 Å². The molecule has 0 heterocycles. The van der Waals surface area contributed by atoms with Gasteiger partial charge in [-0.3, -0.25) is 4.79 Å². The minimum Gasteiger partial charge on any atom is -0.322 e. The maximum absolute atomic E-state index is 12.7. The van der Waals surface area contributed by atoms with Crippen LogP contribution in [0.5, 0.6) is 0 Å². The molecule has 1 aliphatic rings. The largest absolute Gasteiger partial charge is 0.446 e. The van der Waals surface area contributed by atoms with Crippen molar-refractivity contribution in [2.24, 2.45) is 0 Å². The van der Waals surface area contributed by atoms with Crippen LogP contribution in [0.4, 0.5) is 18.9 Å². The third kappa shape index (κ3) is 5.08. The lowest BCUT2D eigenvalue weighted by Crippen LogP contribution is -2.18. The van der Waals surface area contributed by atoms with E-state index in [2.05, 4.69) is 5.32 Å². The van der Waals surface area contributed by atoms with Crippen molar-refractivity contribution in [3.05, 3.63) is 54.1 Å². The number of rotatable bonds is 5. The van der Waals surface area contributed by atoms with Crippen molar-refractivity contribution in [3.8, 4) is 0 Å². The van der Waals surface area contributed by atoms with Crippen LogP contribution in [0.2, 0.25) is 0 Å². The molecule has 1 N–H and O–H groups in total. The van der Waals surface area contributed by atoms with Crippen LogP contribution >= 0.6 is 11.8 Å². The summed E-state index contributed by atoms with van der Waals surface area (Å²) in [6.07, 6.45) is 3.06. The van der Waals surface area contributed by atoms with Gasteiger partial charge in [0.05, 0.1) is 10.1 Å². The van der Waals surface area contributed by atoms with Gasteiger partial charge in [0.15, 0.2) is 9.84 Å². The van der Waals surface area contributed by atoms with Crippen molar-refractivity contribution < 1.29 is 26.4 Å². The van der Waals surface area contributed by atoms with Crippen LogP contribution in [0.3, 0.4) is 0 Å². The monoisotopic (exact) mass is 429 g/mol. The number of anilines is 1. The van der Waals surface area contributed by atoms with E-state index in [0.717, 1.165) is 12.8 Å². The third-order valence-electron chi connectivity index (χ3n) is 4.51. The zero-order valence-corrected chi connectivity index (χ0v) is 16.3. The number of sulfone groups is 1. The number of carbonyl (C=O) groups is 1. The predicted octanol–water partition coefficient (Wildman–Crippen LogP) is 5.27. The molecule has 0 radical (unpaired) electrons. The van der Waals surface area contributed by atoms with Gasteiger partial charge in [0, 0.05) is 16.1 Å². The fourth-order valence-corrected chi connectivity index (χ4v) is 5.59. The molecule has 0 saturated heterocycles. The molecule has 0 aromatic heterocycles. The number of carbonyl (C=O) groups excluding carboxylic acids is 1. The Hall–Kier alpha value is -2.00. The van der Waals surface area contributed by atoms with Crippen LogP contribution in [0.15, 0.2) is 58.3 Å². The molecule has 0 spiro atoms. The Kier molecular flexibility index (Phi) is 6.04. The van der Waals surface area contributed by atoms with Crippen LogP contribution in [0.25, 0.3) is 0 Å². The third-order valence-corrected chi connectivity index (χ3v) is 7.51. The molecule has 1 fully saturated rings. The van der Waals surface area contributed by atoms with Crippen molar-refractivity contribution in [2.45, 2.75) is 46.2 Å². The van der Waals surface area contributed by atoms with E-state index in [4.69, 9.17) is 0 Å². The average molecular weight is 429 g/mol. The first-order chi connectivity index (χ1) is 13.1. The Bertz CT molecular complexity index is 951. The normalized spacial score (nSPS) is 15.5. The number of alkyl halides is 3. The Balaban J connectivity index is 1.72. The molecule has 1 amide bonds. The maximum atomic E-state index is 12.7. The number of hydrogen-bond donors (Lipinski definition) is 1. The zero-order valence-electron chi connectivity index (χ0n) is 14.7. The molecule has 28 heavy (non-hydrogen) atoms. The van der Waals surface area contributed by atoms with E-state index in [1.807, 2.05) is 0 Å². The summed E-state index contributed by atoms with van der Waals surface area (Å²) in [4.78, 5) is 12.5. The number of nitrogens with one attached hydrogen (secondary N) is 1. The number of amides is 1. The fraction of sp³-hybridized carbons (Fsp3) is 0.316. The molecule has 1 aliphatic carbocycles. The molecule has 1 saturated carbocycles. The van der Waals surface area contributed by atoms with E-state index in [1.165, 1.54) is 36.4 Å². The van der Waals surface area contributed by atoms with E-state index in [0.29, 0.717) is 18.5 Å². The molecule has 2 aromatic rings. The smallest absolute Gasteiger partial charge is 0.322 e. The quantitative estimate of drug-likeness (QED) is 0.658. The SMILES string of the molecule is O=C(Nc1cccc(S(=O)(=O)C2CCCC2)c1)c1ccc(SC(F)(F)F)cc1. The second kappa shape index (κ2) is 8.16. The molecule has 0 bridgehead atoms. The molecule has 2 aromatic carbocycles. The topological polar surface area (TPSA) is 63.2 Å². The fourth-order valence-electron chi connectivity index (χ4n) is 3.15. The van der Waals surface area contributed by atoms with Crippen LogP contribution in [0, 0.1) is 0 Å². The summed E-state index contributed by atoms with van der Waals surface area (Å²) in [7, 11) is -3.45. The van der Waals surface area contributed by atoms with Crippen LogP contribution in [-0.2, 0) is 9.84 Å². The summed E-state index contributed by atoms with van der Waals surface area (Å²) < 4.78 is 62.5. The van der Waals surface area contributed by atoms with Gasteiger partial charge < -0.3 is 5.32 Å². The van der Waals surface area contributed by atoms with Crippen molar-refractivity contribution in [1.29, 1.82) is 0 Å². The Morgan fingerprint density at radius 1 is 1.04 bits per heavy atom. The minimum absolute atomic E-state index is 0.0197. The number of hydrogen-bond acceptors (Lipinski definition) is 4. The summed E-state index contributed by atoms with van der Waals surface area (Å²) in [5.74, 6) is -0.529. The summed E-state index contributed by atoms with van der Waals surface area (Å²) in [5, 5.41) is 2.21. The lowest BCUT2D eigenvalue weighted by atomic mass is 10.2. The highest BCUT2D eigenvalue weighted by molar-refractivity contribution is 8.00. The van der Waals surface area contributed by atoms with Crippen molar-refractivity contribution >= 4 is 33.2 Å². The summed E-state index contributed by atoms with van der Waals surface area (Å²) >= 11 is -0.257. The van der Waals surface area contributed by atoms with E-state index < -0.39 is 26.5 Å². The summed E-state index contributed by atoms with van der Waals surface area (Å²) in [5.41, 5.74) is -3.90. The van der Waals surface area contributed by atoms with E-state index in [9.17, 15) is 26.4 Å². The number of halogens is 3. The summed E-state index contributed by atoms with van der Waals surface area (Å²) in [6.45, 7) is 0. The van der Waals surface area contributed by atoms with Gasteiger partial charge in [-0.1, -0.05) is 18.9 Å². The van der Waals surface area contributed by atoms with Crippen LogP contribution in [0.1, 0.15) is 36.0 Å². The van der Waals surface area contributed by atoms with Crippen LogP contribution < -0.4 is 5.32 Å². The van der Waals surface area contributed by atoms with Gasteiger partial charge in [-0.25, -0.2) is 8.42 Å². The molecule has 150 valence electrons. The van der Waals surface area contributed by atoms with Crippen molar-refractivity contribution in [1.82, 2.24) is 0 Å². The lowest BCUT2D eigenvalue weighted by molar-refractivity contribution is -0.0328. The Morgan fingerprint density at radius 2 is 1.68 bits per heavy atom. The van der Waals surface area contributed by atoms with E-state index in [1.54, 1.807) is 12.1 Å². The van der Waals surface area contributed by atoms with Gasteiger partial charge in [0.25, 0.3) is 5.91 Å². The number of benzene rings is 2. The molecular formula is C19H18F3NO3S2. The Labute approximate surface area is 165 Å². The van der Waals surface area contributed by atoms with Crippen LogP contribution in [-0.4, -0.2) is 25.1 Å². The molecule has 4 nitrogen and oxygen atoms in total. The van der Waals surface area contributed by atoms with E-state index in [-0.39, 0.29) is 27.1 Å². The molecule has 0 unspecified atom stereocenters. The van der Waals surface area contributed by atoms with Gasteiger partial charge in [0.1, 0.15) is 0 Å². The molecule has 0 aliphatic heterocycles. The van der Waals surface area contributed by atoms with Gasteiger partial charge in [-0.05, 0) is 67.1 Å². The minimum atomic E-state index is -4.39. The Morgan fingerprint density at radius 3 is 2.29 bits per heavy atom. The lowest BCUT2D eigenvalue weighted by Gasteiger charge is -2.13. The predicted molar refractivity (Wildman–Crippen MR) is 102 cm³/mol. The molecule has 9 heteroatoms. The second-order valence-electron chi connectivity index (χ2n) is 6.51. The summed E-state index contributed by atoms with van der Waals surface area (Å²) in [6, 6.07) is 11.1. The van der Waals surface area contributed by atoms with Crippen molar-refractivity contribution in [3.63, 3.8) is 0 Å². The van der Waals surface area contributed by atoms with Crippen molar-refractivity contribution in [2.75, 3.05) is 5.32 Å². The van der Waals surface area contributed by atoms with E-state index >= 15 is 0 Å². The highest BCUT2D eigenvalue weighted by atomic mass is 32.2. The van der Waals surface area contributed by atoms with Gasteiger partial charge in [-0.2, -0.15) is 13.2 Å². The second-order valence-corrected chi connectivity index (χ2v) is 9.87. The molecule has 0 atom stereocenters. The standard InChI is InChI=1S/C19H18F3NO3S2/c20-19(21,22)27-15-10-8-13(9-11-15)18(24)23-14-4-3-7-17(12-14)28(25,26)16-5-1-2-6-16/h3-4,7-12,16H,1-2,5-6H2,(H,23,24). The molecular weight excluding hydrogens is 411 g/mol. The van der Waals surface area contributed by atoms with Gasteiger partial charge in [-0.15, -0.1) is 0 Å². The highest BCUT2D eigenvalue weighted by Gasteiger charge is 2.30. The zero-order chi connectivity index (χ0) is 20.4. The average Bonchev–Trinajstić information content (AvgIpc) is 3.17. The maximum Gasteiger partial charge on any atom is 0.446 e. The highest BCUT2D eigenvalue weighted by Crippen LogP contribution is 2.36. The number of thioether (sulfide) groups is 1. The first-order valence-electron chi connectivity index (χ1n) is 8.66. The van der Waals surface area contributed by atoms with Gasteiger partial charge in [0.2, 0.25) is 0 Å². The first-order valence-corrected chi connectivity index (χ1v) is 11.0.